The molecule has 0 saturated heterocycles. The molecule has 1 aromatic heterocycles. The van der Waals surface area contributed by atoms with Gasteiger partial charge in [0, 0.05) is 11.8 Å². The number of nitrogens with one attached hydrogen (secondary N) is 1. The molecule has 0 fully saturated rings. The molecule has 1 aromatic carbocycles. The Balaban J connectivity index is 2.25. The zero-order chi connectivity index (χ0) is 13.0. The van der Waals surface area contributed by atoms with Crippen LogP contribution in [0, 0.1) is 0 Å². The van der Waals surface area contributed by atoms with E-state index in [4.69, 9.17) is 5.73 Å². The highest BCUT2D eigenvalue weighted by Gasteiger charge is 2.11. The molecule has 0 aliphatic heterocycles. The van der Waals surface area contributed by atoms with Crippen molar-refractivity contribution in [3.8, 4) is 0 Å². The van der Waals surface area contributed by atoms with Crippen LogP contribution in [0.5, 0.6) is 0 Å². The third-order valence-corrected chi connectivity index (χ3v) is 2.71. The lowest BCUT2D eigenvalue weighted by atomic mass is 10.0. The number of carbonyl (C=O) groups is 1. The summed E-state index contributed by atoms with van der Waals surface area (Å²) in [6, 6.07) is 10.9. The number of aromatic nitrogens is 1. The minimum atomic E-state index is -0.183. The van der Waals surface area contributed by atoms with Crippen LogP contribution in [-0.2, 0) is 6.42 Å². The molecule has 92 valence electrons. The fourth-order valence-electron chi connectivity index (χ4n) is 1.75. The first-order chi connectivity index (χ1) is 8.72. The summed E-state index contributed by atoms with van der Waals surface area (Å²) < 4.78 is 0. The lowest BCUT2D eigenvalue weighted by Gasteiger charge is -2.09. The number of hydrogen-bond acceptors (Lipinski definition) is 3. The van der Waals surface area contributed by atoms with E-state index >= 15 is 0 Å². The first-order valence-corrected chi connectivity index (χ1v) is 5.82. The van der Waals surface area contributed by atoms with Crippen LogP contribution in [0.3, 0.4) is 0 Å². The smallest absolute Gasteiger partial charge is 0.257 e. The fourth-order valence-corrected chi connectivity index (χ4v) is 1.75. The van der Waals surface area contributed by atoms with Gasteiger partial charge in [0.25, 0.3) is 5.91 Å². The van der Waals surface area contributed by atoms with E-state index in [9.17, 15) is 4.79 Å². The molecule has 0 aliphatic rings. The van der Waals surface area contributed by atoms with Crippen LogP contribution in [0.15, 0.2) is 42.6 Å². The zero-order valence-electron chi connectivity index (χ0n) is 10.2. The van der Waals surface area contributed by atoms with Crippen molar-refractivity contribution < 1.29 is 4.79 Å². The Labute approximate surface area is 106 Å². The van der Waals surface area contributed by atoms with E-state index in [1.165, 1.54) is 0 Å². The number of rotatable bonds is 3. The number of carbonyl (C=O) groups excluding carboxylic acids is 1. The van der Waals surface area contributed by atoms with Crippen molar-refractivity contribution in [2.45, 2.75) is 13.3 Å². The Morgan fingerprint density at radius 2 is 2.06 bits per heavy atom. The summed E-state index contributed by atoms with van der Waals surface area (Å²) in [5.74, 6) is 0.214. The van der Waals surface area contributed by atoms with Crippen molar-refractivity contribution in [2.24, 2.45) is 0 Å². The van der Waals surface area contributed by atoms with Gasteiger partial charge in [-0.1, -0.05) is 25.1 Å². The predicted molar refractivity (Wildman–Crippen MR) is 72.4 cm³/mol. The van der Waals surface area contributed by atoms with Crippen LogP contribution in [0.2, 0.25) is 0 Å². The summed E-state index contributed by atoms with van der Waals surface area (Å²) in [6.45, 7) is 2.02. The third kappa shape index (κ3) is 2.48. The lowest BCUT2D eigenvalue weighted by Crippen LogP contribution is -2.16. The number of nitrogens with zero attached hydrogens (tertiary/aromatic N) is 1. The molecule has 0 spiro atoms. The maximum Gasteiger partial charge on any atom is 0.257 e. The Bertz CT molecular complexity index is 566. The van der Waals surface area contributed by atoms with E-state index in [1.807, 2.05) is 25.1 Å². The standard InChI is InChI=1S/C14H15N3O/c1-2-10-6-3-4-7-11(10)14(18)17-13-12(15)8-5-9-16-13/h3-9H,2,15H2,1H3,(H,16,17,18). The van der Waals surface area contributed by atoms with Gasteiger partial charge in [-0.25, -0.2) is 4.98 Å². The summed E-state index contributed by atoms with van der Waals surface area (Å²) in [4.78, 5) is 16.2. The van der Waals surface area contributed by atoms with Crippen molar-refractivity contribution in [1.29, 1.82) is 0 Å². The van der Waals surface area contributed by atoms with Crippen molar-refractivity contribution >= 4 is 17.4 Å². The molecule has 0 bridgehead atoms. The Morgan fingerprint density at radius 1 is 1.28 bits per heavy atom. The monoisotopic (exact) mass is 241 g/mol. The second-order valence-corrected chi connectivity index (χ2v) is 3.91. The average Bonchev–Trinajstić information content (AvgIpc) is 2.41. The van der Waals surface area contributed by atoms with Crippen molar-refractivity contribution in [3.05, 3.63) is 53.7 Å². The number of benzene rings is 1. The molecule has 2 rings (SSSR count). The Hall–Kier alpha value is -2.36. The molecular weight excluding hydrogens is 226 g/mol. The molecular formula is C14H15N3O. The fraction of sp³-hybridized carbons (Fsp3) is 0.143. The minimum absolute atomic E-state index is 0.183. The van der Waals surface area contributed by atoms with Crippen LogP contribution in [0.1, 0.15) is 22.8 Å². The quantitative estimate of drug-likeness (QED) is 0.867. The molecule has 1 amide bonds. The van der Waals surface area contributed by atoms with E-state index in [1.54, 1.807) is 24.4 Å². The number of pyridine rings is 1. The topological polar surface area (TPSA) is 68.0 Å². The highest BCUT2D eigenvalue weighted by Crippen LogP contribution is 2.16. The van der Waals surface area contributed by atoms with Gasteiger partial charge >= 0.3 is 0 Å². The molecule has 4 heteroatoms. The van der Waals surface area contributed by atoms with Crippen LogP contribution in [-0.4, -0.2) is 10.9 Å². The number of anilines is 2. The highest BCUT2D eigenvalue weighted by atomic mass is 16.1. The summed E-state index contributed by atoms with van der Waals surface area (Å²) in [5.41, 5.74) is 7.86. The number of hydrogen-bond donors (Lipinski definition) is 2. The zero-order valence-corrected chi connectivity index (χ0v) is 10.2. The van der Waals surface area contributed by atoms with Crippen molar-refractivity contribution in [2.75, 3.05) is 11.1 Å². The number of nitrogens with two attached hydrogens (primary N) is 1. The predicted octanol–water partition coefficient (Wildman–Crippen LogP) is 2.48. The molecule has 2 aromatic rings. The van der Waals surface area contributed by atoms with Gasteiger partial charge in [-0.15, -0.1) is 0 Å². The first kappa shape index (κ1) is 12.1. The van der Waals surface area contributed by atoms with E-state index in [0.29, 0.717) is 17.1 Å². The van der Waals surface area contributed by atoms with Crippen LogP contribution in [0.4, 0.5) is 11.5 Å². The number of nitrogen functional groups attached to an aromatic ring is 1. The van der Waals surface area contributed by atoms with Crippen LogP contribution >= 0.6 is 0 Å². The van der Waals surface area contributed by atoms with Gasteiger partial charge in [0.05, 0.1) is 5.69 Å². The highest BCUT2D eigenvalue weighted by molar-refractivity contribution is 6.06. The molecule has 0 saturated carbocycles. The Kier molecular flexibility index (Phi) is 3.57. The molecule has 0 aliphatic carbocycles. The maximum absolute atomic E-state index is 12.1. The molecule has 18 heavy (non-hydrogen) atoms. The van der Waals surface area contributed by atoms with Gasteiger partial charge in [0.15, 0.2) is 5.82 Å². The molecule has 0 atom stereocenters. The third-order valence-electron chi connectivity index (χ3n) is 2.71. The van der Waals surface area contributed by atoms with Gasteiger partial charge < -0.3 is 11.1 Å². The SMILES string of the molecule is CCc1ccccc1C(=O)Nc1ncccc1N. The van der Waals surface area contributed by atoms with Gasteiger partial charge in [0.1, 0.15) is 0 Å². The summed E-state index contributed by atoms with van der Waals surface area (Å²) in [7, 11) is 0. The molecule has 0 radical (unpaired) electrons. The molecule has 4 nitrogen and oxygen atoms in total. The number of amides is 1. The lowest BCUT2D eigenvalue weighted by molar-refractivity contribution is 0.102. The van der Waals surface area contributed by atoms with E-state index in [-0.39, 0.29) is 5.91 Å². The van der Waals surface area contributed by atoms with Gasteiger partial charge in [-0.3, -0.25) is 4.79 Å². The maximum atomic E-state index is 12.1. The summed E-state index contributed by atoms with van der Waals surface area (Å²) in [6.07, 6.45) is 2.40. The minimum Gasteiger partial charge on any atom is -0.396 e. The molecule has 0 unspecified atom stereocenters. The average molecular weight is 241 g/mol. The van der Waals surface area contributed by atoms with Gasteiger partial charge in [-0.2, -0.15) is 0 Å². The van der Waals surface area contributed by atoms with Crippen molar-refractivity contribution in [1.82, 2.24) is 4.98 Å². The number of aryl methyl sites for hydroxylation is 1. The van der Waals surface area contributed by atoms with Gasteiger partial charge in [-0.05, 0) is 30.2 Å². The first-order valence-electron chi connectivity index (χ1n) is 5.82. The van der Waals surface area contributed by atoms with Gasteiger partial charge in [0.2, 0.25) is 0 Å². The molecule has 1 heterocycles. The Morgan fingerprint density at radius 3 is 2.78 bits per heavy atom. The second kappa shape index (κ2) is 5.31. The van der Waals surface area contributed by atoms with E-state index in [2.05, 4.69) is 10.3 Å². The van der Waals surface area contributed by atoms with E-state index in [0.717, 1.165) is 12.0 Å². The van der Waals surface area contributed by atoms with Crippen molar-refractivity contribution in [3.63, 3.8) is 0 Å². The molecule has 3 N–H and O–H groups in total. The second-order valence-electron chi connectivity index (χ2n) is 3.91. The summed E-state index contributed by atoms with van der Waals surface area (Å²) >= 11 is 0. The van der Waals surface area contributed by atoms with Crippen LogP contribution in [0.25, 0.3) is 0 Å². The summed E-state index contributed by atoms with van der Waals surface area (Å²) in [5, 5.41) is 2.73. The largest absolute Gasteiger partial charge is 0.396 e. The normalized spacial score (nSPS) is 10.1. The van der Waals surface area contributed by atoms with E-state index < -0.39 is 0 Å². The van der Waals surface area contributed by atoms with Crippen LogP contribution < -0.4 is 11.1 Å².